The predicted octanol–water partition coefficient (Wildman–Crippen LogP) is 3.08. The zero-order valence-electron chi connectivity index (χ0n) is 16.2. The van der Waals surface area contributed by atoms with Crippen LogP contribution in [0.3, 0.4) is 0 Å². The molecule has 0 radical (unpaired) electrons. The van der Waals surface area contributed by atoms with Crippen LogP contribution in [-0.2, 0) is 6.42 Å². The van der Waals surface area contributed by atoms with Crippen molar-refractivity contribution >= 4 is 5.91 Å². The zero-order valence-corrected chi connectivity index (χ0v) is 16.2. The van der Waals surface area contributed by atoms with Gasteiger partial charge in [0.2, 0.25) is 5.89 Å². The second-order valence-corrected chi connectivity index (χ2v) is 7.33. The molecule has 0 spiro atoms. The summed E-state index contributed by atoms with van der Waals surface area (Å²) < 4.78 is 5.52. The average Bonchev–Trinajstić information content (AvgIpc) is 3.55. The van der Waals surface area contributed by atoms with Gasteiger partial charge >= 0.3 is 0 Å². The summed E-state index contributed by atoms with van der Waals surface area (Å²) >= 11 is 0. The highest BCUT2D eigenvalue weighted by Gasteiger charge is 2.30. The predicted molar refractivity (Wildman–Crippen MR) is 109 cm³/mol. The van der Waals surface area contributed by atoms with Gasteiger partial charge in [-0.05, 0) is 24.6 Å². The smallest absolute Gasteiger partial charge is 0.275 e. The molecule has 1 aromatic carbocycles. The second kappa shape index (κ2) is 7.90. The van der Waals surface area contributed by atoms with Crippen LogP contribution in [0.1, 0.15) is 40.1 Å². The molecule has 5 rings (SSSR count). The molecule has 1 aliphatic heterocycles. The molecule has 8 heteroatoms. The Morgan fingerprint density at radius 2 is 2.03 bits per heavy atom. The van der Waals surface area contributed by atoms with Crippen LogP contribution < -0.4 is 0 Å². The molecule has 0 bridgehead atoms. The minimum Gasteiger partial charge on any atom is -0.448 e. The van der Waals surface area contributed by atoms with Crippen molar-refractivity contribution in [3.8, 4) is 11.3 Å². The van der Waals surface area contributed by atoms with Gasteiger partial charge in [0.1, 0.15) is 6.26 Å². The number of likely N-dealkylation sites (tertiary alicyclic amines) is 1. The number of hydrogen-bond acceptors (Lipinski definition) is 6. The molecular formula is C22H20N6O2. The van der Waals surface area contributed by atoms with Crippen LogP contribution in [0.25, 0.3) is 11.3 Å². The van der Waals surface area contributed by atoms with Gasteiger partial charge in [0, 0.05) is 36.5 Å². The summed E-state index contributed by atoms with van der Waals surface area (Å²) in [5.74, 6) is 0.614. The molecule has 8 nitrogen and oxygen atoms in total. The van der Waals surface area contributed by atoms with E-state index in [4.69, 9.17) is 4.42 Å². The van der Waals surface area contributed by atoms with Crippen LogP contribution in [0, 0.1) is 0 Å². The summed E-state index contributed by atoms with van der Waals surface area (Å²) in [4.78, 5) is 19.0. The lowest BCUT2D eigenvalue weighted by Gasteiger charge is -2.14. The number of carbonyl (C=O) groups is 1. The first-order valence-corrected chi connectivity index (χ1v) is 9.87. The van der Waals surface area contributed by atoms with Crippen LogP contribution in [0.4, 0.5) is 0 Å². The van der Waals surface area contributed by atoms with E-state index in [0.717, 1.165) is 29.1 Å². The first-order chi connectivity index (χ1) is 14.8. The summed E-state index contributed by atoms with van der Waals surface area (Å²) in [5, 5.41) is 15.5. The third kappa shape index (κ3) is 3.71. The van der Waals surface area contributed by atoms with Gasteiger partial charge in [-0.2, -0.15) is 15.3 Å². The van der Waals surface area contributed by atoms with E-state index in [1.54, 1.807) is 6.20 Å². The van der Waals surface area contributed by atoms with Crippen LogP contribution in [0.15, 0.2) is 65.4 Å². The number of nitrogens with one attached hydrogen (secondary N) is 1. The molecule has 0 aliphatic carbocycles. The minimum atomic E-state index is -0.113. The highest BCUT2D eigenvalue weighted by Crippen LogP contribution is 2.26. The number of amides is 1. The number of hydrogen-bond donors (Lipinski definition) is 1. The van der Waals surface area contributed by atoms with Gasteiger partial charge < -0.3 is 9.32 Å². The molecule has 4 aromatic rings. The Hall–Kier alpha value is -3.81. The number of aromatic amines is 1. The summed E-state index contributed by atoms with van der Waals surface area (Å²) in [6, 6.07) is 15.7. The van der Waals surface area contributed by atoms with Crippen molar-refractivity contribution < 1.29 is 9.21 Å². The summed E-state index contributed by atoms with van der Waals surface area (Å²) in [6.45, 7) is 1.34. The number of nitrogens with zero attached hydrogens (tertiary/aromatic N) is 5. The van der Waals surface area contributed by atoms with Crippen LogP contribution in [0.5, 0.6) is 0 Å². The molecule has 0 unspecified atom stereocenters. The van der Waals surface area contributed by atoms with Gasteiger partial charge in [0.15, 0.2) is 5.69 Å². The minimum absolute atomic E-state index is 0.113. The van der Waals surface area contributed by atoms with Gasteiger partial charge in [0.25, 0.3) is 5.91 Å². The molecule has 4 heterocycles. The molecule has 1 amide bonds. The fraction of sp³-hybridized carbons (Fsp3) is 0.227. The van der Waals surface area contributed by atoms with Crippen molar-refractivity contribution in [1.29, 1.82) is 0 Å². The van der Waals surface area contributed by atoms with Crippen LogP contribution in [-0.4, -0.2) is 49.3 Å². The molecule has 1 atom stereocenters. The highest BCUT2D eigenvalue weighted by atomic mass is 16.3. The standard InChI is InChI=1S/C22H20N6O2/c29-22(28-11-9-16(13-28)19-8-10-23-26-19)20-14-30-21(24-20)12-17-6-7-18(27-25-17)15-4-2-1-3-5-15/h1-8,10,14,16H,9,11-13H2,(H,23,26)/t16-/m0/s1. The fourth-order valence-electron chi connectivity index (χ4n) is 3.72. The Balaban J connectivity index is 1.23. The normalized spacial score (nSPS) is 16.1. The second-order valence-electron chi connectivity index (χ2n) is 7.33. The van der Waals surface area contributed by atoms with Gasteiger partial charge in [-0.3, -0.25) is 9.89 Å². The van der Waals surface area contributed by atoms with Crippen LogP contribution >= 0.6 is 0 Å². The molecule has 1 aliphatic rings. The lowest BCUT2D eigenvalue weighted by Crippen LogP contribution is -2.28. The Morgan fingerprint density at radius 1 is 1.13 bits per heavy atom. The van der Waals surface area contributed by atoms with Crippen molar-refractivity contribution in [2.75, 3.05) is 13.1 Å². The summed E-state index contributed by atoms with van der Waals surface area (Å²) in [6.07, 6.45) is 4.44. The number of aromatic nitrogens is 5. The maximum atomic E-state index is 12.8. The van der Waals surface area contributed by atoms with E-state index >= 15 is 0 Å². The third-order valence-electron chi connectivity index (χ3n) is 5.33. The van der Waals surface area contributed by atoms with E-state index in [9.17, 15) is 4.79 Å². The lowest BCUT2D eigenvalue weighted by molar-refractivity contribution is 0.0785. The maximum absolute atomic E-state index is 12.8. The quantitative estimate of drug-likeness (QED) is 0.552. The Morgan fingerprint density at radius 3 is 2.80 bits per heavy atom. The number of rotatable bonds is 5. The lowest BCUT2D eigenvalue weighted by atomic mass is 10.1. The molecule has 0 saturated carbocycles. The van der Waals surface area contributed by atoms with Gasteiger partial charge in [0.05, 0.1) is 17.8 Å². The maximum Gasteiger partial charge on any atom is 0.275 e. The van der Waals surface area contributed by atoms with Crippen molar-refractivity contribution in [1.82, 2.24) is 30.3 Å². The average molecular weight is 400 g/mol. The van der Waals surface area contributed by atoms with Crippen molar-refractivity contribution in [2.24, 2.45) is 0 Å². The van der Waals surface area contributed by atoms with Crippen LogP contribution in [0.2, 0.25) is 0 Å². The van der Waals surface area contributed by atoms with E-state index in [-0.39, 0.29) is 11.8 Å². The number of benzene rings is 1. The summed E-state index contributed by atoms with van der Waals surface area (Å²) in [7, 11) is 0. The topological polar surface area (TPSA) is 101 Å². The van der Waals surface area contributed by atoms with E-state index in [0.29, 0.717) is 31.1 Å². The third-order valence-corrected chi connectivity index (χ3v) is 5.33. The zero-order chi connectivity index (χ0) is 20.3. The van der Waals surface area contributed by atoms with E-state index in [1.165, 1.54) is 6.26 Å². The Bertz CT molecular complexity index is 1120. The molecule has 1 N–H and O–H groups in total. The van der Waals surface area contributed by atoms with Crippen molar-refractivity contribution in [2.45, 2.75) is 18.8 Å². The SMILES string of the molecule is O=C(c1coc(Cc2ccc(-c3ccccc3)nn2)n1)N1CC[C@H](c2ccn[nH]2)C1. The van der Waals surface area contributed by atoms with E-state index in [1.807, 2.05) is 53.4 Å². The molecule has 150 valence electrons. The molecule has 3 aromatic heterocycles. The molecule has 1 saturated heterocycles. The van der Waals surface area contributed by atoms with Gasteiger partial charge in [-0.1, -0.05) is 30.3 Å². The largest absolute Gasteiger partial charge is 0.448 e. The Kier molecular flexibility index (Phi) is 4.80. The van der Waals surface area contributed by atoms with E-state index < -0.39 is 0 Å². The molecule has 30 heavy (non-hydrogen) atoms. The first-order valence-electron chi connectivity index (χ1n) is 9.87. The Labute approximate surface area is 173 Å². The molecule has 1 fully saturated rings. The van der Waals surface area contributed by atoms with Gasteiger partial charge in [-0.15, -0.1) is 0 Å². The van der Waals surface area contributed by atoms with Crippen molar-refractivity contribution in [3.05, 3.63) is 84.0 Å². The number of H-pyrrole nitrogens is 1. The van der Waals surface area contributed by atoms with Gasteiger partial charge in [-0.25, -0.2) is 4.98 Å². The number of oxazole rings is 1. The van der Waals surface area contributed by atoms with E-state index in [2.05, 4.69) is 25.4 Å². The fourth-order valence-corrected chi connectivity index (χ4v) is 3.72. The molecular weight excluding hydrogens is 380 g/mol. The first kappa shape index (κ1) is 18.2. The van der Waals surface area contributed by atoms with Crippen molar-refractivity contribution in [3.63, 3.8) is 0 Å². The monoisotopic (exact) mass is 400 g/mol. The highest BCUT2D eigenvalue weighted by molar-refractivity contribution is 5.92. The number of carbonyl (C=O) groups excluding carboxylic acids is 1. The summed E-state index contributed by atoms with van der Waals surface area (Å²) in [5.41, 5.74) is 3.94.